The van der Waals surface area contributed by atoms with Crippen molar-refractivity contribution in [2.24, 2.45) is 0 Å². The van der Waals surface area contributed by atoms with Crippen LogP contribution in [0.4, 0.5) is 10.1 Å². The molecule has 4 rings (SSSR count). The minimum Gasteiger partial charge on any atom is -0.373 e. The number of rotatable bonds is 4. The van der Waals surface area contributed by atoms with E-state index in [1.165, 1.54) is 23.3 Å². The van der Waals surface area contributed by atoms with Gasteiger partial charge in [0.05, 0.1) is 12.7 Å². The average Bonchev–Trinajstić information content (AvgIpc) is 2.67. The molecular weight excluding hydrogens is 422 g/mol. The molecule has 0 amide bonds. The number of fused-ring (bicyclic) bond motifs is 1. The van der Waals surface area contributed by atoms with E-state index >= 15 is 0 Å². The molecule has 7 heteroatoms. The quantitative estimate of drug-likeness (QED) is 0.697. The highest BCUT2D eigenvalue weighted by molar-refractivity contribution is 6.30. The second-order valence-electron chi connectivity index (χ2n) is 7.10. The van der Waals surface area contributed by atoms with Crippen LogP contribution in [0.2, 0.25) is 5.02 Å². The predicted molar refractivity (Wildman–Crippen MR) is 118 cm³/mol. The van der Waals surface area contributed by atoms with Gasteiger partial charge in [-0.2, -0.15) is 0 Å². The Kier molecular flexibility index (Phi) is 8.84. The fourth-order valence-corrected chi connectivity index (χ4v) is 4.20. The van der Waals surface area contributed by atoms with Gasteiger partial charge in [-0.05, 0) is 66.8 Å². The van der Waals surface area contributed by atoms with E-state index in [1.54, 1.807) is 0 Å². The fraction of sp³-hybridized carbons (Fsp3) is 0.429. The number of ether oxygens (including phenoxy) is 1. The molecule has 0 bridgehead atoms. The van der Waals surface area contributed by atoms with Crippen molar-refractivity contribution in [1.82, 2.24) is 5.32 Å². The third kappa shape index (κ3) is 5.52. The molecule has 0 aromatic heterocycles. The van der Waals surface area contributed by atoms with Crippen molar-refractivity contribution in [2.45, 2.75) is 31.4 Å². The van der Waals surface area contributed by atoms with Crippen LogP contribution in [0.3, 0.4) is 0 Å². The molecule has 2 aliphatic heterocycles. The van der Waals surface area contributed by atoms with Gasteiger partial charge in [-0.25, -0.2) is 4.39 Å². The molecule has 2 atom stereocenters. The summed E-state index contributed by atoms with van der Waals surface area (Å²) in [4.78, 5) is 2.33. The van der Waals surface area contributed by atoms with Crippen LogP contribution in [0.5, 0.6) is 0 Å². The normalized spacial score (nSPS) is 21.3. The first-order chi connectivity index (χ1) is 12.7. The first kappa shape index (κ1) is 23.2. The lowest BCUT2D eigenvalue weighted by Gasteiger charge is -2.36. The van der Waals surface area contributed by atoms with Crippen LogP contribution in [0.15, 0.2) is 42.5 Å². The molecular formula is C21H26Cl3FN2O. The fourth-order valence-electron chi connectivity index (χ4n) is 4.00. The van der Waals surface area contributed by atoms with E-state index in [0.717, 1.165) is 56.2 Å². The van der Waals surface area contributed by atoms with Crippen molar-refractivity contribution < 1.29 is 9.13 Å². The summed E-state index contributed by atoms with van der Waals surface area (Å²) in [7, 11) is 0. The van der Waals surface area contributed by atoms with Crippen LogP contribution in [0.1, 0.15) is 30.1 Å². The molecule has 28 heavy (non-hydrogen) atoms. The lowest BCUT2D eigenvalue weighted by molar-refractivity contribution is 0.0333. The SMILES string of the molecule is Cl.Cl.Fc1ccc(N2CCNC(CCC3OCCc4cc(Cl)ccc43)C2)cc1. The van der Waals surface area contributed by atoms with E-state index in [-0.39, 0.29) is 36.7 Å². The third-order valence-electron chi connectivity index (χ3n) is 5.37. The Hall–Kier alpha value is -1.04. The van der Waals surface area contributed by atoms with Crippen LogP contribution >= 0.6 is 36.4 Å². The molecule has 2 aromatic carbocycles. The Labute approximate surface area is 183 Å². The van der Waals surface area contributed by atoms with E-state index in [9.17, 15) is 4.39 Å². The molecule has 0 aliphatic carbocycles. The minimum absolute atomic E-state index is 0. The topological polar surface area (TPSA) is 24.5 Å². The number of piperazine rings is 1. The van der Waals surface area contributed by atoms with E-state index in [0.29, 0.717) is 6.04 Å². The van der Waals surface area contributed by atoms with Crippen LogP contribution in [0.25, 0.3) is 0 Å². The zero-order chi connectivity index (χ0) is 17.9. The Morgan fingerprint density at radius 3 is 2.68 bits per heavy atom. The van der Waals surface area contributed by atoms with Crippen LogP contribution < -0.4 is 10.2 Å². The summed E-state index contributed by atoms with van der Waals surface area (Å²) in [5.74, 6) is -0.186. The molecule has 2 unspecified atom stereocenters. The maximum absolute atomic E-state index is 13.2. The summed E-state index contributed by atoms with van der Waals surface area (Å²) in [5.41, 5.74) is 3.69. The van der Waals surface area contributed by atoms with Gasteiger partial charge in [0, 0.05) is 36.4 Å². The van der Waals surface area contributed by atoms with Crippen molar-refractivity contribution in [2.75, 3.05) is 31.1 Å². The first-order valence-electron chi connectivity index (χ1n) is 9.33. The van der Waals surface area contributed by atoms with Crippen molar-refractivity contribution in [3.8, 4) is 0 Å². The highest BCUT2D eigenvalue weighted by Gasteiger charge is 2.24. The molecule has 1 N–H and O–H groups in total. The summed E-state index contributed by atoms with van der Waals surface area (Å²) in [5, 5.41) is 4.41. The standard InChI is InChI=1S/C21H24ClFN2O.2ClH/c22-16-1-7-20-15(13-16)9-12-26-21(20)8-4-18-14-25(11-10-24-18)19-5-2-17(23)3-6-19;;/h1-3,5-7,13,18,21,24H,4,8-12,14H2;2*1H. The molecule has 2 heterocycles. The maximum atomic E-state index is 13.2. The zero-order valence-electron chi connectivity index (χ0n) is 15.6. The Balaban J connectivity index is 0.00000140. The van der Waals surface area contributed by atoms with E-state index in [1.807, 2.05) is 18.2 Å². The highest BCUT2D eigenvalue weighted by Crippen LogP contribution is 2.33. The third-order valence-corrected chi connectivity index (χ3v) is 5.60. The molecule has 154 valence electrons. The molecule has 1 saturated heterocycles. The van der Waals surface area contributed by atoms with E-state index in [2.05, 4.69) is 22.3 Å². The van der Waals surface area contributed by atoms with E-state index in [4.69, 9.17) is 16.3 Å². The van der Waals surface area contributed by atoms with Gasteiger partial charge < -0.3 is 15.0 Å². The number of hydrogen-bond acceptors (Lipinski definition) is 3. The molecule has 2 aromatic rings. The number of anilines is 1. The Morgan fingerprint density at radius 2 is 1.89 bits per heavy atom. The van der Waals surface area contributed by atoms with Crippen LogP contribution in [0, 0.1) is 5.82 Å². The summed E-state index contributed by atoms with van der Waals surface area (Å²) < 4.78 is 19.2. The number of halogens is 4. The second kappa shape index (κ2) is 10.7. The molecule has 0 saturated carbocycles. The van der Waals surface area contributed by atoms with Gasteiger partial charge in [-0.15, -0.1) is 24.8 Å². The number of benzene rings is 2. The zero-order valence-corrected chi connectivity index (χ0v) is 18.0. The van der Waals surface area contributed by atoms with Crippen molar-refractivity contribution in [3.05, 3.63) is 64.4 Å². The molecule has 0 radical (unpaired) electrons. The van der Waals surface area contributed by atoms with Gasteiger partial charge in [-0.3, -0.25) is 0 Å². The van der Waals surface area contributed by atoms with Gasteiger partial charge in [0.2, 0.25) is 0 Å². The van der Waals surface area contributed by atoms with Crippen molar-refractivity contribution in [3.63, 3.8) is 0 Å². The molecule has 3 nitrogen and oxygen atoms in total. The molecule has 2 aliphatic rings. The highest BCUT2D eigenvalue weighted by atomic mass is 35.5. The number of nitrogens with zero attached hydrogens (tertiary/aromatic N) is 1. The van der Waals surface area contributed by atoms with Gasteiger partial charge in [-0.1, -0.05) is 17.7 Å². The van der Waals surface area contributed by atoms with Crippen LogP contribution in [-0.4, -0.2) is 32.3 Å². The van der Waals surface area contributed by atoms with Gasteiger partial charge in [0.15, 0.2) is 0 Å². The second-order valence-corrected chi connectivity index (χ2v) is 7.54. The summed E-state index contributed by atoms with van der Waals surface area (Å²) in [6.07, 6.45) is 3.12. The Bertz CT molecular complexity index is 760. The van der Waals surface area contributed by atoms with Gasteiger partial charge in [0.25, 0.3) is 0 Å². The Morgan fingerprint density at radius 1 is 1.11 bits per heavy atom. The monoisotopic (exact) mass is 446 g/mol. The number of nitrogens with one attached hydrogen (secondary N) is 1. The largest absolute Gasteiger partial charge is 0.373 e. The van der Waals surface area contributed by atoms with Crippen molar-refractivity contribution in [1.29, 1.82) is 0 Å². The number of hydrogen-bond donors (Lipinski definition) is 1. The lowest BCUT2D eigenvalue weighted by Crippen LogP contribution is -2.50. The van der Waals surface area contributed by atoms with Crippen molar-refractivity contribution >= 4 is 42.1 Å². The maximum Gasteiger partial charge on any atom is 0.123 e. The summed E-state index contributed by atoms with van der Waals surface area (Å²) >= 11 is 6.13. The smallest absolute Gasteiger partial charge is 0.123 e. The lowest BCUT2D eigenvalue weighted by atomic mass is 9.93. The first-order valence-corrected chi connectivity index (χ1v) is 9.70. The average molecular weight is 448 g/mol. The minimum atomic E-state index is -0.186. The predicted octanol–water partition coefficient (Wildman–Crippen LogP) is 5.20. The summed E-state index contributed by atoms with van der Waals surface area (Å²) in [6, 6.07) is 13.3. The molecule has 0 spiro atoms. The molecule has 1 fully saturated rings. The van der Waals surface area contributed by atoms with Gasteiger partial charge in [0.1, 0.15) is 5.82 Å². The summed E-state index contributed by atoms with van der Waals surface area (Å²) in [6.45, 7) is 3.59. The van der Waals surface area contributed by atoms with Gasteiger partial charge >= 0.3 is 0 Å². The van der Waals surface area contributed by atoms with Crippen LogP contribution in [-0.2, 0) is 11.2 Å². The van der Waals surface area contributed by atoms with E-state index < -0.39 is 0 Å².